The number of nitrogens with zero attached hydrogens (tertiary/aromatic N) is 4. The summed E-state index contributed by atoms with van der Waals surface area (Å²) < 4.78 is 9.04. The van der Waals surface area contributed by atoms with Gasteiger partial charge in [0.1, 0.15) is 0 Å². The van der Waals surface area contributed by atoms with E-state index in [0.29, 0.717) is 12.4 Å². The molecule has 0 radical (unpaired) electrons. The first kappa shape index (κ1) is 14.9. The molecular weight excluding hydrogens is 304 g/mol. The Morgan fingerprint density at radius 2 is 2.21 bits per heavy atom. The van der Waals surface area contributed by atoms with E-state index in [1.54, 1.807) is 0 Å². The lowest BCUT2D eigenvalue weighted by Gasteiger charge is -2.17. The molecule has 3 heterocycles. The van der Waals surface area contributed by atoms with E-state index >= 15 is 0 Å². The van der Waals surface area contributed by atoms with Crippen molar-refractivity contribution in [1.29, 1.82) is 0 Å². The number of aromatic nitrogens is 4. The number of rotatable bonds is 3. The van der Waals surface area contributed by atoms with Gasteiger partial charge in [-0.3, -0.25) is 4.68 Å². The summed E-state index contributed by atoms with van der Waals surface area (Å²) >= 11 is 0. The summed E-state index contributed by atoms with van der Waals surface area (Å²) in [6, 6.07) is 6.04. The van der Waals surface area contributed by atoms with E-state index in [0.717, 1.165) is 53.7 Å². The normalized spacial score (nSPS) is 13.9. The molecule has 24 heavy (non-hydrogen) atoms. The minimum atomic E-state index is -0.342. The predicted octanol–water partition coefficient (Wildman–Crippen LogP) is 2.95. The number of ether oxygens (including phenoxy) is 1. The van der Waals surface area contributed by atoms with Gasteiger partial charge in [-0.25, -0.2) is 9.78 Å². The largest absolute Gasteiger partial charge is 0.460 e. The Morgan fingerprint density at radius 3 is 3.04 bits per heavy atom. The summed E-state index contributed by atoms with van der Waals surface area (Å²) in [6.07, 6.45) is 5.11. The Kier molecular flexibility index (Phi) is 3.59. The van der Waals surface area contributed by atoms with Crippen molar-refractivity contribution < 1.29 is 9.53 Å². The number of imidazole rings is 1. The van der Waals surface area contributed by atoms with Crippen molar-refractivity contribution in [3.05, 3.63) is 35.9 Å². The van der Waals surface area contributed by atoms with E-state index in [-0.39, 0.29) is 5.97 Å². The average molecular weight is 324 g/mol. The monoisotopic (exact) mass is 324 g/mol. The molecule has 0 atom stereocenters. The van der Waals surface area contributed by atoms with Gasteiger partial charge in [0.15, 0.2) is 0 Å². The van der Waals surface area contributed by atoms with Crippen LogP contribution in [0.5, 0.6) is 0 Å². The second kappa shape index (κ2) is 5.78. The second-order valence-corrected chi connectivity index (χ2v) is 6.10. The molecule has 0 N–H and O–H groups in total. The maximum absolute atomic E-state index is 12.3. The molecule has 0 spiro atoms. The minimum Gasteiger partial charge on any atom is -0.460 e. The van der Waals surface area contributed by atoms with Crippen molar-refractivity contribution in [2.45, 2.75) is 32.7 Å². The molecular formula is C18H20N4O2. The van der Waals surface area contributed by atoms with E-state index in [9.17, 15) is 4.79 Å². The van der Waals surface area contributed by atoms with E-state index in [1.165, 1.54) is 0 Å². The Morgan fingerprint density at radius 1 is 1.33 bits per heavy atom. The van der Waals surface area contributed by atoms with Gasteiger partial charge in [-0.15, -0.1) is 0 Å². The lowest BCUT2D eigenvalue weighted by Crippen LogP contribution is -2.18. The molecule has 0 aliphatic carbocycles. The maximum atomic E-state index is 12.3. The molecule has 1 aliphatic heterocycles. The van der Waals surface area contributed by atoms with Gasteiger partial charge in [0.2, 0.25) is 5.82 Å². The number of hydrogen-bond acceptors (Lipinski definition) is 4. The van der Waals surface area contributed by atoms with Crippen molar-refractivity contribution in [3.63, 3.8) is 0 Å². The summed E-state index contributed by atoms with van der Waals surface area (Å²) in [5, 5.41) is 5.53. The molecule has 1 aromatic carbocycles. The molecule has 6 nitrogen and oxygen atoms in total. The molecule has 1 aliphatic rings. The van der Waals surface area contributed by atoms with Crippen LogP contribution < -0.4 is 0 Å². The van der Waals surface area contributed by atoms with Crippen LogP contribution in [0.2, 0.25) is 0 Å². The quantitative estimate of drug-likeness (QED) is 0.695. The van der Waals surface area contributed by atoms with Crippen LogP contribution >= 0.6 is 0 Å². The third-order valence-corrected chi connectivity index (χ3v) is 4.50. The number of carbonyl (C=O) groups excluding carboxylic acids is 1. The Bertz CT molecular complexity index is 923. The van der Waals surface area contributed by atoms with Crippen LogP contribution in [-0.2, 0) is 24.8 Å². The lowest BCUT2D eigenvalue weighted by molar-refractivity contribution is 0.0505. The SMILES string of the molecule is CCOC(=O)c1nc(-c2cccc3nn(C)cc23)c2n1CCCC2. The Balaban J connectivity index is 1.93. The molecule has 0 amide bonds. The highest BCUT2D eigenvalue weighted by Crippen LogP contribution is 2.33. The highest BCUT2D eigenvalue weighted by Gasteiger charge is 2.26. The summed E-state index contributed by atoms with van der Waals surface area (Å²) in [5.41, 5.74) is 3.98. The average Bonchev–Trinajstić information content (AvgIpc) is 3.14. The van der Waals surface area contributed by atoms with Gasteiger partial charge in [-0.2, -0.15) is 5.10 Å². The van der Waals surface area contributed by atoms with Crippen molar-refractivity contribution in [1.82, 2.24) is 19.3 Å². The first-order valence-corrected chi connectivity index (χ1v) is 8.38. The zero-order valence-electron chi connectivity index (χ0n) is 14.0. The smallest absolute Gasteiger partial charge is 0.374 e. The molecule has 0 saturated carbocycles. The van der Waals surface area contributed by atoms with Crippen LogP contribution in [0.3, 0.4) is 0 Å². The standard InChI is InChI=1S/C18H20N4O2/c1-3-24-18(23)17-19-16(15-9-4-5-10-22(15)17)12-7-6-8-14-13(12)11-21(2)20-14/h6-8,11H,3-5,9-10H2,1-2H3. The van der Waals surface area contributed by atoms with Crippen molar-refractivity contribution in [2.75, 3.05) is 6.61 Å². The number of aryl methyl sites for hydroxylation is 1. The van der Waals surface area contributed by atoms with Gasteiger partial charge >= 0.3 is 5.97 Å². The van der Waals surface area contributed by atoms with E-state index in [1.807, 2.05) is 41.5 Å². The van der Waals surface area contributed by atoms with Crippen LogP contribution in [0.15, 0.2) is 24.4 Å². The summed E-state index contributed by atoms with van der Waals surface area (Å²) in [6.45, 7) is 2.99. The lowest BCUT2D eigenvalue weighted by atomic mass is 10.0. The molecule has 3 aromatic rings. The van der Waals surface area contributed by atoms with Crippen LogP contribution in [0.25, 0.3) is 22.2 Å². The summed E-state index contributed by atoms with van der Waals surface area (Å²) in [4.78, 5) is 17.0. The maximum Gasteiger partial charge on any atom is 0.374 e. The van der Waals surface area contributed by atoms with Gasteiger partial charge in [0.25, 0.3) is 0 Å². The fourth-order valence-corrected chi connectivity index (χ4v) is 3.48. The van der Waals surface area contributed by atoms with Gasteiger partial charge in [0, 0.05) is 36.4 Å². The fraction of sp³-hybridized carbons (Fsp3) is 0.389. The third-order valence-electron chi connectivity index (χ3n) is 4.50. The van der Waals surface area contributed by atoms with Crippen LogP contribution in [0, 0.1) is 0 Å². The highest BCUT2D eigenvalue weighted by atomic mass is 16.5. The van der Waals surface area contributed by atoms with Crippen LogP contribution in [-0.4, -0.2) is 31.9 Å². The van der Waals surface area contributed by atoms with Crippen molar-refractivity contribution >= 4 is 16.9 Å². The molecule has 6 heteroatoms. The molecule has 0 bridgehead atoms. The second-order valence-electron chi connectivity index (χ2n) is 6.10. The molecule has 0 unspecified atom stereocenters. The number of esters is 1. The molecule has 2 aromatic heterocycles. The first-order valence-electron chi connectivity index (χ1n) is 8.38. The molecule has 0 fully saturated rings. The van der Waals surface area contributed by atoms with Crippen molar-refractivity contribution in [3.8, 4) is 11.3 Å². The molecule has 124 valence electrons. The van der Waals surface area contributed by atoms with Gasteiger partial charge in [-0.1, -0.05) is 12.1 Å². The zero-order valence-corrected chi connectivity index (χ0v) is 14.0. The number of hydrogen-bond donors (Lipinski definition) is 0. The zero-order chi connectivity index (χ0) is 16.7. The molecule has 4 rings (SSSR count). The molecule has 0 saturated heterocycles. The van der Waals surface area contributed by atoms with E-state index in [2.05, 4.69) is 11.2 Å². The number of carbonyl (C=O) groups is 1. The summed E-state index contributed by atoms with van der Waals surface area (Å²) in [5.74, 6) is 0.0766. The fourth-order valence-electron chi connectivity index (χ4n) is 3.48. The van der Waals surface area contributed by atoms with E-state index < -0.39 is 0 Å². The van der Waals surface area contributed by atoms with Crippen molar-refractivity contribution in [2.24, 2.45) is 7.05 Å². The third kappa shape index (κ3) is 2.29. The van der Waals surface area contributed by atoms with Crippen LogP contribution in [0.1, 0.15) is 36.1 Å². The van der Waals surface area contributed by atoms with E-state index in [4.69, 9.17) is 9.72 Å². The predicted molar refractivity (Wildman–Crippen MR) is 90.8 cm³/mol. The van der Waals surface area contributed by atoms with Gasteiger partial charge in [0.05, 0.1) is 17.8 Å². The number of benzene rings is 1. The van der Waals surface area contributed by atoms with Crippen LogP contribution in [0.4, 0.5) is 0 Å². The van der Waals surface area contributed by atoms with Gasteiger partial charge < -0.3 is 9.30 Å². The highest BCUT2D eigenvalue weighted by molar-refractivity contribution is 5.95. The Hall–Kier alpha value is -2.63. The topological polar surface area (TPSA) is 61.9 Å². The minimum absolute atomic E-state index is 0.342. The Labute approximate surface area is 140 Å². The first-order chi connectivity index (χ1) is 11.7. The van der Waals surface area contributed by atoms with Gasteiger partial charge in [-0.05, 0) is 32.3 Å². The summed E-state index contributed by atoms with van der Waals surface area (Å²) in [7, 11) is 1.91. The number of fused-ring (bicyclic) bond motifs is 2.